The fourth-order valence-electron chi connectivity index (χ4n) is 3.95. The summed E-state index contributed by atoms with van der Waals surface area (Å²) in [5.41, 5.74) is 0.783. The van der Waals surface area contributed by atoms with Gasteiger partial charge in [0.2, 0.25) is 0 Å². The summed E-state index contributed by atoms with van der Waals surface area (Å²) in [5, 5.41) is 9.32. The average molecular weight is 523 g/mol. The maximum Gasteiger partial charge on any atom is 0.324 e. The van der Waals surface area contributed by atoms with Crippen molar-refractivity contribution in [2.24, 2.45) is 5.92 Å². The molecule has 2 amide bonds. The van der Waals surface area contributed by atoms with Gasteiger partial charge in [0.1, 0.15) is 17.3 Å². The second-order valence-electron chi connectivity index (χ2n) is 10.3. The van der Waals surface area contributed by atoms with E-state index in [0.29, 0.717) is 41.6 Å². The molecule has 8 nitrogen and oxygen atoms in total. The molecule has 0 bridgehead atoms. The number of carbonyl (C=O) groups is 1. The van der Waals surface area contributed by atoms with Crippen LogP contribution in [0.2, 0.25) is 0 Å². The average Bonchev–Trinajstić information content (AvgIpc) is 3.37. The van der Waals surface area contributed by atoms with Crippen molar-refractivity contribution >= 4 is 11.8 Å². The number of carbonyl (C=O) groups excluding carboxylic acids is 1. The van der Waals surface area contributed by atoms with E-state index in [1.54, 1.807) is 24.3 Å². The number of hydrogen-bond donors (Lipinski definition) is 2. The predicted octanol–water partition coefficient (Wildman–Crippen LogP) is 4.85. The van der Waals surface area contributed by atoms with Gasteiger partial charge in [-0.2, -0.15) is 0 Å². The van der Waals surface area contributed by atoms with Crippen LogP contribution in [-0.4, -0.2) is 55.5 Å². The second kappa shape index (κ2) is 12.8. The summed E-state index contributed by atoms with van der Waals surface area (Å²) >= 11 is 0. The number of benzene rings is 1. The van der Waals surface area contributed by atoms with Crippen molar-refractivity contribution in [3.05, 3.63) is 65.3 Å². The Bertz CT molecular complexity index is 1230. The molecule has 2 aromatic rings. The minimum atomic E-state index is -0.412. The van der Waals surface area contributed by atoms with Crippen LogP contribution in [0.1, 0.15) is 44.9 Å². The fraction of sp³-hybridized carbons (Fsp3) is 0.448. The molecule has 1 aliphatic carbocycles. The Morgan fingerprint density at radius 3 is 2.74 bits per heavy atom. The zero-order valence-corrected chi connectivity index (χ0v) is 22.2. The molecule has 1 aromatic carbocycles. The van der Waals surface area contributed by atoms with E-state index in [4.69, 9.17) is 14.0 Å². The molecule has 1 fully saturated rings. The molecule has 1 unspecified atom stereocenters. The number of aromatic nitrogens is 1. The van der Waals surface area contributed by atoms with Gasteiger partial charge in [0.15, 0.2) is 5.82 Å². The van der Waals surface area contributed by atoms with Crippen molar-refractivity contribution in [3.8, 4) is 17.6 Å². The molecular weight excluding hydrogens is 487 g/mol. The first-order valence-corrected chi connectivity index (χ1v) is 12.9. The van der Waals surface area contributed by atoms with Gasteiger partial charge in [0, 0.05) is 48.8 Å². The van der Waals surface area contributed by atoms with Crippen LogP contribution in [0.25, 0.3) is 0 Å². The molecule has 38 heavy (non-hydrogen) atoms. The first kappa shape index (κ1) is 27.4. The number of urea groups is 1. The Hall–Kier alpha value is -3.61. The number of rotatable bonds is 7. The molecule has 0 radical (unpaired) electrons. The highest BCUT2D eigenvalue weighted by atomic mass is 19.1. The summed E-state index contributed by atoms with van der Waals surface area (Å²) in [7, 11) is 0. The normalized spacial score (nSPS) is 17.8. The highest BCUT2D eigenvalue weighted by molar-refractivity contribution is 5.89. The smallest absolute Gasteiger partial charge is 0.324 e. The molecule has 1 aromatic heterocycles. The molecule has 4 rings (SSSR count). The molecule has 0 spiro atoms. The van der Waals surface area contributed by atoms with Gasteiger partial charge >= 0.3 is 6.03 Å². The number of hydrogen-bond acceptors (Lipinski definition) is 6. The third kappa shape index (κ3) is 8.20. The monoisotopic (exact) mass is 522 g/mol. The van der Waals surface area contributed by atoms with E-state index in [1.807, 2.05) is 32.9 Å². The molecule has 2 N–H and O–H groups in total. The van der Waals surface area contributed by atoms with Crippen molar-refractivity contribution in [1.29, 1.82) is 0 Å². The maximum absolute atomic E-state index is 14.6. The van der Waals surface area contributed by atoms with Gasteiger partial charge < -0.3 is 19.3 Å². The number of nitrogens with zero attached hydrogens (tertiary/aromatic N) is 2. The summed E-state index contributed by atoms with van der Waals surface area (Å²) in [6.45, 7) is 10.9. The number of amides is 2. The Morgan fingerprint density at radius 1 is 1.24 bits per heavy atom. The lowest BCUT2D eigenvalue weighted by Gasteiger charge is -2.26. The second-order valence-corrected chi connectivity index (χ2v) is 10.3. The zero-order chi connectivity index (χ0) is 27.0. The Balaban J connectivity index is 1.20. The van der Waals surface area contributed by atoms with Crippen LogP contribution in [0.3, 0.4) is 0 Å². The van der Waals surface area contributed by atoms with Crippen LogP contribution in [0.15, 0.2) is 52.7 Å². The van der Waals surface area contributed by atoms with E-state index in [9.17, 15) is 9.18 Å². The summed E-state index contributed by atoms with van der Waals surface area (Å²) in [6, 6.07) is 6.08. The minimum Gasteiger partial charge on any atom is -0.493 e. The lowest BCUT2D eigenvalue weighted by molar-refractivity contribution is 0.0358. The molecule has 2 heterocycles. The number of morpholine rings is 1. The fourth-order valence-corrected chi connectivity index (χ4v) is 3.95. The van der Waals surface area contributed by atoms with Gasteiger partial charge in [-0.1, -0.05) is 49.9 Å². The minimum absolute atomic E-state index is 0.0796. The van der Waals surface area contributed by atoms with E-state index in [2.05, 4.69) is 32.5 Å². The molecule has 1 atom stereocenters. The Morgan fingerprint density at radius 2 is 2.05 bits per heavy atom. The molecule has 0 saturated carbocycles. The van der Waals surface area contributed by atoms with Gasteiger partial charge in [-0.3, -0.25) is 10.2 Å². The van der Waals surface area contributed by atoms with E-state index < -0.39 is 11.8 Å². The predicted molar refractivity (Wildman–Crippen MR) is 143 cm³/mol. The van der Waals surface area contributed by atoms with Crippen molar-refractivity contribution in [2.75, 3.05) is 44.8 Å². The lowest BCUT2D eigenvalue weighted by Crippen LogP contribution is -2.37. The Labute approximate surface area is 223 Å². The number of anilines is 1. The largest absolute Gasteiger partial charge is 0.493 e. The third-order valence-electron chi connectivity index (χ3n) is 6.17. The number of allylic oxidation sites excluding steroid dienone is 3. The number of nitrogens with one attached hydrogen (secondary N) is 2. The quantitative estimate of drug-likeness (QED) is 0.399. The summed E-state index contributed by atoms with van der Waals surface area (Å²) in [4.78, 5) is 14.6. The van der Waals surface area contributed by atoms with Gasteiger partial charge in [0.25, 0.3) is 0 Å². The zero-order valence-electron chi connectivity index (χ0n) is 22.2. The molecule has 1 aliphatic heterocycles. The van der Waals surface area contributed by atoms with Crippen molar-refractivity contribution in [2.45, 2.75) is 39.0 Å². The summed E-state index contributed by atoms with van der Waals surface area (Å²) < 4.78 is 30.9. The standard InChI is InChI=1S/C29H35FN4O4/c1-29(2,3)26-20-27(33-38-26)32-28(35)31-23-10-6-21(7-11-23)5-8-22-9-12-24(19-25(22)30)37-16-4-13-34-14-17-36-18-15-34/h6,9-12,19-21H,4,7,13-18H2,1-3H3,(H2,31,32,33,35). The highest BCUT2D eigenvalue weighted by Crippen LogP contribution is 2.24. The lowest BCUT2D eigenvalue weighted by atomic mass is 9.93. The Kier molecular flexibility index (Phi) is 9.21. The van der Waals surface area contributed by atoms with Crippen LogP contribution in [-0.2, 0) is 10.2 Å². The third-order valence-corrected chi connectivity index (χ3v) is 6.17. The van der Waals surface area contributed by atoms with E-state index >= 15 is 0 Å². The van der Waals surface area contributed by atoms with Crippen LogP contribution in [0.4, 0.5) is 15.0 Å². The molecule has 1 saturated heterocycles. The van der Waals surface area contributed by atoms with Crippen LogP contribution in [0, 0.1) is 23.6 Å². The molecule has 202 valence electrons. The van der Waals surface area contributed by atoms with Gasteiger partial charge in [-0.25, -0.2) is 9.18 Å². The molecular formula is C29H35FN4O4. The maximum atomic E-state index is 14.6. The topological polar surface area (TPSA) is 88.9 Å². The van der Waals surface area contributed by atoms with E-state index in [-0.39, 0.29) is 11.3 Å². The number of halogens is 1. The van der Waals surface area contributed by atoms with Crippen molar-refractivity contribution < 1.29 is 23.2 Å². The first-order valence-electron chi connectivity index (χ1n) is 12.9. The SMILES string of the molecule is CC(C)(C)c1cc(NC(=O)NC2=CCC(C#Cc3ccc(OCCCN4CCOCC4)cc3F)C=C2)no1. The molecule has 2 aliphatic rings. The van der Waals surface area contributed by atoms with Crippen molar-refractivity contribution in [3.63, 3.8) is 0 Å². The van der Waals surface area contributed by atoms with E-state index in [1.165, 1.54) is 6.07 Å². The van der Waals surface area contributed by atoms with Gasteiger partial charge in [-0.15, -0.1) is 0 Å². The summed E-state index contributed by atoms with van der Waals surface area (Å²) in [5.74, 6) is 7.07. The van der Waals surface area contributed by atoms with E-state index in [0.717, 1.165) is 39.3 Å². The van der Waals surface area contributed by atoms with Crippen LogP contribution < -0.4 is 15.4 Å². The number of ether oxygens (including phenoxy) is 2. The van der Waals surface area contributed by atoms with Crippen molar-refractivity contribution in [1.82, 2.24) is 15.4 Å². The van der Waals surface area contributed by atoms with Crippen LogP contribution in [0.5, 0.6) is 5.75 Å². The first-order chi connectivity index (χ1) is 18.3. The molecule has 9 heteroatoms. The summed E-state index contributed by atoms with van der Waals surface area (Å²) in [6.07, 6.45) is 7.04. The van der Waals surface area contributed by atoms with Gasteiger partial charge in [0.05, 0.1) is 25.4 Å². The van der Waals surface area contributed by atoms with Crippen LogP contribution >= 0.6 is 0 Å². The highest BCUT2D eigenvalue weighted by Gasteiger charge is 2.20. The van der Waals surface area contributed by atoms with Gasteiger partial charge in [-0.05, 0) is 31.1 Å².